The van der Waals surface area contributed by atoms with Gasteiger partial charge in [-0.05, 0) is 13.0 Å². The van der Waals surface area contributed by atoms with Crippen LogP contribution in [0.25, 0.3) is 0 Å². The number of carbonyl (C=O) groups is 2. The molecule has 0 amide bonds. The summed E-state index contributed by atoms with van der Waals surface area (Å²) >= 11 is 0. The second-order valence-corrected chi connectivity index (χ2v) is 4.19. The number of hydrogen-bond donors (Lipinski definition) is 2. The number of carbonyl (C=O) groups excluding carboxylic acids is 2. The summed E-state index contributed by atoms with van der Waals surface area (Å²) in [6.45, 7) is 1.56. The number of phenols is 1. The molecule has 1 aromatic rings. The van der Waals surface area contributed by atoms with Crippen molar-refractivity contribution in [2.24, 2.45) is 5.41 Å². The Morgan fingerprint density at radius 2 is 2.12 bits per heavy atom. The molecule has 0 aliphatic heterocycles. The van der Waals surface area contributed by atoms with Gasteiger partial charge < -0.3 is 10.5 Å². The molecule has 82 valence electrons. The maximum Gasteiger partial charge on any atom is 0.175 e. The van der Waals surface area contributed by atoms with E-state index in [4.69, 9.17) is 5.41 Å². The topological polar surface area (TPSA) is 78.2 Å². The number of fused-ring (bicyclic) bond motifs is 1. The number of phenolic OH excluding ortho intramolecular Hbond substituents is 1. The standard InChI is InChI=1S/C12H11NO3/c1-12(6-13)5-9(15)10-7(11(12)16)3-2-4-8(10)14/h2-4,6,13-14H,5H2,1H3. The van der Waals surface area contributed by atoms with E-state index >= 15 is 0 Å². The first-order chi connectivity index (χ1) is 7.49. The van der Waals surface area contributed by atoms with E-state index in [0.29, 0.717) is 0 Å². The monoisotopic (exact) mass is 217 g/mol. The van der Waals surface area contributed by atoms with Crippen molar-refractivity contribution in [3.63, 3.8) is 0 Å². The predicted octanol–water partition coefficient (Wildman–Crippen LogP) is 1.82. The highest BCUT2D eigenvalue weighted by Gasteiger charge is 2.41. The van der Waals surface area contributed by atoms with Crippen molar-refractivity contribution in [1.82, 2.24) is 0 Å². The molecule has 0 saturated carbocycles. The fourth-order valence-electron chi connectivity index (χ4n) is 1.95. The van der Waals surface area contributed by atoms with Crippen LogP contribution in [0, 0.1) is 10.8 Å². The van der Waals surface area contributed by atoms with Crippen molar-refractivity contribution in [2.45, 2.75) is 13.3 Å². The molecule has 2 N–H and O–H groups in total. The number of benzene rings is 1. The van der Waals surface area contributed by atoms with E-state index in [1.54, 1.807) is 6.92 Å². The zero-order valence-electron chi connectivity index (χ0n) is 8.78. The van der Waals surface area contributed by atoms with E-state index in [0.717, 1.165) is 6.21 Å². The first-order valence-electron chi connectivity index (χ1n) is 4.91. The van der Waals surface area contributed by atoms with Crippen LogP contribution in [0.4, 0.5) is 0 Å². The molecule has 0 bridgehead atoms. The number of nitrogens with one attached hydrogen (secondary N) is 1. The molecule has 2 rings (SSSR count). The summed E-state index contributed by atoms with van der Waals surface area (Å²) in [6.07, 6.45) is 0.945. The highest BCUT2D eigenvalue weighted by Crippen LogP contribution is 2.37. The molecule has 0 heterocycles. The van der Waals surface area contributed by atoms with Crippen LogP contribution in [0.5, 0.6) is 5.75 Å². The minimum absolute atomic E-state index is 0.0556. The molecule has 1 aliphatic carbocycles. The average molecular weight is 217 g/mol. The number of ketones is 2. The van der Waals surface area contributed by atoms with Gasteiger partial charge in [0.15, 0.2) is 11.6 Å². The number of aromatic hydroxyl groups is 1. The fraction of sp³-hybridized carbons (Fsp3) is 0.250. The van der Waals surface area contributed by atoms with Gasteiger partial charge in [-0.15, -0.1) is 0 Å². The Kier molecular flexibility index (Phi) is 2.15. The average Bonchev–Trinajstić information content (AvgIpc) is 2.25. The molecular formula is C12H11NO3. The summed E-state index contributed by atoms with van der Waals surface area (Å²) < 4.78 is 0. The Hall–Kier alpha value is -1.97. The van der Waals surface area contributed by atoms with Gasteiger partial charge in [-0.25, -0.2) is 0 Å². The Balaban J connectivity index is 2.69. The van der Waals surface area contributed by atoms with Crippen LogP contribution >= 0.6 is 0 Å². The first kappa shape index (κ1) is 10.5. The number of Topliss-reactive ketones (excluding diaryl/α,β-unsaturated/α-hetero) is 2. The molecule has 16 heavy (non-hydrogen) atoms. The minimum Gasteiger partial charge on any atom is -0.507 e. The fourth-order valence-corrected chi connectivity index (χ4v) is 1.95. The van der Waals surface area contributed by atoms with Crippen LogP contribution in [-0.2, 0) is 0 Å². The van der Waals surface area contributed by atoms with Gasteiger partial charge >= 0.3 is 0 Å². The summed E-state index contributed by atoms with van der Waals surface area (Å²) in [4.78, 5) is 23.9. The molecule has 1 aromatic carbocycles. The molecule has 1 atom stereocenters. The zero-order chi connectivity index (χ0) is 11.9. The molecule has 4 nitrogen and oxygen atoms in total. The molecule has 0 radical (unpaired) electrons. The van der Waals surface area contributed by atoms with Crippen LogP contribution in [0.1, 0.15) is 34.1 Å². The van der Waals surface area contributed by atoms with Crippen LogP contribution in [0.3, 0.4) is 0 Å². The van der Waals surface area contributed by atoms with Crippen LogP contribution < -0.4 is 0 Å². The SMILES string of the molecule is CC1(C=N)CC(=O)c2c(O)cccc2C1=O. The summed E-state index contributed by atoms with van der Waals surface area (Å²) in [5, 5.41) is 16.8. The lowest BCUT2D eigenvalue weighted by Crippen LogP contribution is -2.37. The lowest BCUT2D eigenvalue weighted by atomic mass is 9.72. The van der Waals surface area contributed by atoms with E-state index in [1.165, 1.54) is 18.2 Å². The molecule has 1 unspecified atom stereocenters. The molecule has 0 saturated heterocycles. The van der Waals surface area contributed by atoms with Crippen LogP contribution in [0.15, 0.2) is 18.2 Å². The summed E-state index contributed by atoms with van der Waals surface area (Å²) in [5.74, 6) is -0.741. The van der Waals surface area contributed by atoms with Crippen molar-refractivity contribution < 1.29 is 14.7 Å². The third kappa shape index (κ3) is 1.26. The second kappa shape index (κ2) is 3.27. The van der Waals surface area contributed by atoms with Gasteiger partial charge in [-0.3, -0.25) is 9.59 Å². The minimum atomic E-state index is -1.07. The van der Waals surface area contributed by atoms with E-state index in [9.17, 15) is 14.7 Å². The summed E-state index contributed by atoms with van der Waals surface area (Å²) in [7, 11) is 0. The predicted molar refractivity (Wildman–Crippen MR) is 58.3 cm³/mol. The van der Waals surface area contributed by atoms with Crippen molar-refractivity contribution in [3.8, 4) is 5.75 Å². The zero-order valence-corrected chi connectivity index (χ0v) is 8.78. The Morgan fingerprint density at radius 1 is 1.44 bits per heavy atom. The molecule has 0 fully saturated rings. The van der Waals surface area contributed by atoms with Gasteiger partial charge in [0.05, 0.1) is 11.0 Å². The first-order valence-corrected chi connectivity index (χ1v) is 4.91. The Bertz CT molecular complexity index is 507. The summed E-state index contributed by atoms with van der Waals surface area (Å²) in [5.41, 5.74) is -0.771. The molecule has 4 heteroatoms. The van der Waals surface area contributed by atoms with Crippen molar-refractivity contribution in [2.75, 3.05) is 0 Å². The molecule has 0 spiro atoms. The van der Waals surface area contributed by atoms with Gasteiger partial charge in [0.1, 0.15) is 5.75 Å². The van der Waals surface area contributed by atoms with Crippen LogP contribution in [0.2, 0.25) is 0 Å². The van der Waals surface area contributed by atoms with Crippen molar-refractivity contribution >= 4 is 17.8 Å². The number of hydrogen-bond acceptors (Lipinski definition) is 4. The van der Waals surface area contributed by atoms with Crippen molar-refractivity contribution in [1.29, 1.82) is 5.41 Å². The van der Waals surface area contributed by atoms with E-state index in [2.05, 4.69) is 0 Å². The smallest absolute Gasteiger partial charge is 0.175 e. The Labute approximate surface area is 92.4 Å². The van der Waals surface area contributed by atoms with Crippen molar-refractivity contribution in [3.05, 3.63) is 29.3 Å². The molecule has 0 aromatic heterocycles. The molecule has 1 aliphatic rings. The maximum absolute atomic E-state index is 12.1. The third-order valence-corrected chi connectivity index (χ3v) is 2.93. The van der Waals surface area contributed by atoms with E-state index < -0.39 is 5.41 Å². The number of rotatable bonds is 1. The highest BCUT2D eigenvalue weighted by molar-refractivity contribution is 6.22. The normalized spacial score (nSPS) is 24.1. The lowest BCUT2D eigenvalue weighted by Gasteiger charge is -2.28. The lowest BCUT2D eigenvalue weighted by molar-refractivity contribution is 0.0791. The quantitative estimate of drug-likeness (QED) is 0.704. The van der Waals surface area contributed by atoms with Gasteiger partial charge in [0.2, 0.25) is 0 Å². The molecular weight excluding hydrogens is 206 g/mol. The third-order valence-electron chi connectivity index (χ3n) is 2.93. The highest BCUT2D eigenvalue weighted by atomic mass is 16.3. The van der Waals surface area contributed by atoms with Gasteiger partial charge in [-0.1, -0.05) is 12.1 Å². The second-order valence-electron chi connectivity index (χ2n) is 4.19. The van der Waals surface area contributed by atoms with Crippen LogP contribution in [-0.4, -0.2) is 22.9 Å². The largest absolute Gasteiger partial charge is 0.507 e. The van der Waals surface area contributed by atoms with Gasteiger partial charge in [0.25, 0.3) is 0 Å². The van der Waals surface area contributed by atoms with E-state index in [-0.39, 0.29) is 34.9 Å². The van der Waals surface area contributed by atoms with Gasteiger partial charge in [-0.2, -0.15) is 0 Å². The Morgan fingerprint density at radius 3 is 2.75 bits per heavy atom. The maximum atomic E-state index is 12.1. The van der Waals surface area contributed by atoms with Gasteiger partial charge in [0, 0.05) is 18.2 Å². The summed E-state index contributed by atoms with van der Waals surface area (Å²) in [6, 6.07) is 4.42. The van der Waals surface area contributed by atoms with E-state index in [1.807, 2.05) is 0 Å².